The Morgan fingerprint density at radius 1 is 1.39 bits per heavy atom. The zero-order valence-electron chi connectivity index (χ0n) is 10.9. The second-order valence-corrected chi connectivity index (χ2v) is 5.81. The summed E-state index contributed by atoms with van der Waals surface area (Å²) >= 11 is 3.45. The molecule has 0 aromatic heterocycles. The molecule has 1 fully saturated rings. The average Bonchev–Trinajstić information content (AvgIpc) is 3.19. The summed E-state index contributed by atoms with van der Waals surface area (Å²) in [6, 6.07) is 8.35. The Balaban J connectivity index is 1.98. The molecule has 1 aromatic carbocycles. The molecule has 2 nitrogen and oxygen atoms in total. The maximum Gasteiger partial charge on any atom is 0.177 e. The van der Waals surface area contributed by atoms with Crippen LogP contribution in [0.25, 0.3) is 0 Å². The van der Waals surface area contributed by atoms with E-state index in [1.165, 1.54) is 25.7 Å². The Morgan fingerprint density at radius 2 is 2.11 bits per heavy atom. The number of Topliss-reactive ketones (excluding diaryl/α,β-unsaturated/α-hetero) is 1. The molecular weight excluding hydrogens is 290 g/mol. The van der Waals surface area contributed by atoms with Crippen LogP contribution in [0.5, 0.6) is 0 Å². The summed E-state index contributed by atoms with van der Waals surface area (Å²) in [7, 11) is 0. The van der Waals surface area contributed by atoms with Crippen LogP contribution in [0, 0.1) is 0 Å². The van der Waals surface area contributed by atoms with Crippen LogP contribution in [0.15, 0.2) is 28.7 Å². The molecule has 0 unspecified atom stereocenters. The van der Waals surface area contributed by atoms with E-state index in [0.717, 1.165) is 16.6 Å². The van der Waals surface area contributed by atoms with Crippen LogP contribution in [0.2, 0.25) is 0 Å². The highest BCUT2D eigenvalue weighted by atomic mass is 79.9. The Morgan fingerprint density at radius 3 is 2.72 bits per heavy atom. The summed E-state index contributed by atoms with van der Waals surface area (Å²) in [6.45, 7) is 3.81. The standard InChI is InChI=1S/C15H20BrNO/c1-2-3-10-17(12-8-9-12)11-15(18)13-6-4-5-7-14(13)16/h4-7,12H,2-3,8-11H2,1H3. The largest absolute Gasteiger partial charge is 0.293 e. The van der Waals surface area contributed by atoms with Crippen LogP contribution in [0.1, 0.15) is 43.0 Å². The van der Waals surface area contributed by atoms with Crippen molar-refractivity contribution in [1.29, 1.82) is 0 Å². The van der Waals surface area contributed by atoms with Gasteiger partial charge in [-0.3, -0.25) is 9.69 Å². The van der Waals surface area contributed by atoms with E-state index in [9.17, 15) is 4.79 Å². The lowest BCUT2D eigenvalue weighted by molar-refractivity contribution is 0.0922. The van der Waals surface area contributed by atoms with Gasteiger partial charge in [-0.25, -0.2) is 0 Å². The number of halogens is 1. The number of hydrogen-bond donors (Lipinski definition) is 0. The number of carbonyl (C=O) groups excluding carboxylic acids is 1. The predicted octanol–water partition coefficient (Wildman–Crippen LogP) is 3.90. The summed E-state index contributed by atoms with van der Waals surface area (Å²) in [4.78, 5) is 14.7. The van der Waals surface area contributed by atoms with E-state index in [1.54, 1.807) is 0 Å². The molecule has 0 amide bonds. The van der Waals surface area contributed by atoms with E-state index < -0.39 is 0 Å². The fraction of sp³-hybridized carbons (Fsp3) is 0.533. The lowest BCUT2D eigenvalue weighted by Crippen LogP contribution is -2.33. The minimum Gasteiger partial charge on any atom is -0.293 e. The van der Waals surface area contributed by atoms with Gasteiger partial charge in [0.25, 0.3) is 0 Å². The van der Waals surface area contributed by atoms with Crippen molar-refractivity contribution in [3.63, 3.8) is 0 Å². The first-order valence-corrected chi connectivity index (χ1v) is 7.53. The van der Waals surface area contributed by atoms with Gasteiger partial charge in [-0.15, -0.1) is 0 Å². The second-order valence-electron chi connectivity index (χ2n) is 4.96. The Bertz CT molecular complexity index is 415. The van der Waals surface area contributed by atoms with Crippen molar-refractivity contribution in [3.8, 4) is 0 Å². The van der Waals surface area contributed by atoms with Gasteiger partial charge in [-0.1, -0.05) is 47.5 Å². The van der Waals surface area contributed by atoms with Crippen molar-refractivity contribution in [3.05, 3.63) is 34.3 Å². The van der Waals surface area contributed by atoms with Gasteiger partial charge in [-0.05, 0) is 31.9 Å². The maximum absolute atomic E-state index is 12.3. The van der Waals surface area contributed by atoms with Crippen molar-refractivity contribution >= 4 is 21.7 Å². The molecule has 0 spiro atoms. The Kier molecular flexibility index (Phi) is 4.95. The van der Waals surface area contributed by atoms with E-state index in [-0.39, 0.29) is 5.78 Å². The van der Waals surface area contributed by atoms with Crippen molar-refractivity contribution < 1.29 is 4.79 Å². The third-order valence-electron chi connectivity index (χ3n) is 3.38. The van der Waals surface area contributed by atoms with E-state index >= 15 is 0 Å². The zero-order chi connectivity index (χ0) is 13.0. The number of ketones is 1. The fourth-order valence-electron chi connectivity index (χ4n) is 2.15. The van der Waals surface area contributed by atoms with Gasteiger partial charge >= 0.3 is 0 Å². The molecule has 0 saturated heterocycles. The third-order valence-corrected chi connectivity index (χ3v) is 4.07. The monoisotopic (exact) mass is 309 g/mol. The van der Waals surface area contributed by atoms with E-state index in [2.05, 4.69) is 27.8 Å². The molecule has 1 aliphatic carbocycles. The van der Waals surface area contributed by atoms with Gasteiger partial charge < -0.3 is 0 Å². The SMILES string of the molecule is CCCCN(CC(=O)c1ccccc1Br)C1CC1. The Hall–Kier alpha value is -0.670. The summed E-state index contributed by atoms with van der Waals surface area (Å²) in [5, 5.41) is 0. The molecule has 3 heteroatoms. The minimum atomic E-state index is 0.227. The van der Waals surface area contributed by atoms with Crippen molar-refractivity contribution in [2.24, 2.45) is 0 Å². The number of hydrogen-bond acceptors (Lipinski definition) is 2. The molecule has 1 saturated carbocycles. The highest BCUT2D eigenvalue weighted by molar-refractivity contribution is 9.10. The lowest BCUT2D eigenvalue weighted by Gasteiger charge is -2.21. The molecule has 0 heterocycles. The topological polar surface area (TPSA) is 20.3 Å². The van der Waals surface area contributed by atoms with Gasteiger partial charge in [-0.2, -0.15) is 0 Å². The first kappa shape index (κ1) is 13.8. The van der Waals surface area contributed by atoms with Crippen LogP contribution < -0.4 is 0 Å². The number of rotatable bonds is 7. The summed E-state index contributed by atoms with van der Waals surface area (Å²) in [6.07, 6.45) is 4.88. The Labute approximate surface area is 117 Å². The number of benzene rings is 1. The van der Waals surface area contributed by atoms with Crippen LogP contribution >= 0.6 is 15.9 Å². The molecular formula is C15H20BrNO. The average molecular weight is 310 g/mol. The minimum absolute atomic E-state index is 0.227. The van der Waals surface area contributed by atoms with Gasteiger partial charge in [0, 0.05) is 16.1 Å². The molecule has 1 aromatic rings. The van der Waals surface area contributed by atoms with E-state index in [1.807, 2.05) is 24.3 Å². The van der Waals surface area contributed by atoms with Crippen LogP contribution in [-0.4, -0.2) is 29.8 Å². The summed E-state index contributed by atoms with van der Waals surface area (Å²) in [5.41, 5.74) is 0.805. The molecule has 1 aliphatic rings. The van der Waals surface area contributed by atoms with Gasteiger partial charge in [0.15, 0.2) is 5.78 Å². The van der Waals surface area contributed by atoms with Crippen molar-refractivity contribution in [2.75, 3.05) is 13.1 Å². The predicted molar refractivity (Wildman–Crippen MR) is 78.0 cm³/mol. The van der Waals surface area contributed by atoms with Crippen LogP contribution in [0.3, 0.4) is 0 Å². The molecule has 18 heavy (non-hydrogen) atoms. The molecule has 0 atom stereocenters. The number of nitrogens with zero attached hydrogens (tertiary/aromatic N) is 1. The first-order chi connectivity index (χ1) is 8.72. The molecule has 0 N–H and O–H groups in total. The lowest BCUT2D eigenvalue weighted by atomic mass is 10.1. The number of carbonyl (C=O) groups is 1. The normalized spacial score (nSPS) is 15.1. The van der Waals surface area contributed by atoms with E-state index in [4.69, 9.17) is 0 Å². The van der Waals surface area contributed by atoms with Crippen molar-refractivity contribution in [2.45, 2.75) is 38.6 Å². The van der Waals surface area contributed by atoms with Gasteiger partial charge in [0.05, 0.1) is 6.54 Å². The number of unbranched alkanes of at least 4 members (excludes halogenated alkanes) is 1. The molecule has 0 radical (unpaired) electrons. The highest BCUT2D eigenvalue weighted by Crippen LogP contribution is 2.27. The zero-order valence-corrected chi connectivity index (χ0v) is 12.4. The first-order valence-electron chi connectivity index (χ1n) is 6.74. The molecule has 0 aliphatic heterocycles. The highest BCUT2D eigenvalue weighted by Gasteiger charge is 2.30. The third kappa shape index (κ3) is 3.66. The van der Waals surface area contributed by atoms with Gasteiger partial charge in [0.2, 0.25) is 0 Å². The quantitative estimate of drug-likeness (QED) is 0.712. The van der Waals surface area contributed by atoms with Crippen LogP contribution in [0.4, 0.5) is 0 Å². The van der Waals surface area contributed by atoms with Gasteiger partial charge in [0.1, 0.15) is 0 Å². The molecule has 98 valence electrons. The molecule has 2 rings (SSSR count). The second kappa shape index (κ2) is 6.48. The molecule has 0 bridgehead atoms. The maximum atomic E-state index is 12.3. The summed E-state index contributed by atoms with van der Waals surface area (Å²) < 4.78 is 0.904. The smallest absolute Gasteiger partial charge is 0.177 e. The summed E-state index contributed by atoms with van der Waals surface area (Å²) in [5.74, 6) is 0.227. The van der Waals surface area contributed by atoms with Crippen molar-refractivity contribution in [1.82, 2.24) is 4.90 Å². The van der Waals surface area contributed by atoms with E-state index in [0.29, 0.717) is 12.6 Å². The van der Waals surface area contributed by atoms with Crippen LogP contribution in [-0.2, 0) is 0 Å². The fourth-order valence-corrected chi connectivity index (χ4v) is 2.65.